The number of nitrogens with zero attached hydrogens (tertiary/aromatic N) is 2. The lowest BCUT2D eigenvalue weighted by atomic mass is 10.2. The molecule has 3 nitrogen and oxygen atoms in total. The van der Waals surface area contributed by atoms with Crippen LogP contribution in [-0.2, 0) is 11.3 Å². The monoisotopic (exact) mass is 520 g/mol. The fraction of sp³-hybridized carbons (Fsp3) is 0.625. The highest BCUT2D eigenvalue weighted by molar-refractivity contribution is 5.13. The van der Waals surface area contributed by atoms with E-state index in [1.54, 1.807) is 0 Å². The summed E-state index contributed by atoms with van der Waals surface area (Å²) in [6.07, 6.45) is 0.278. The van der Waals surface area contributed by atoms with E-state index in [4.69, 9.17) is 4.74 Å². The van der Waals surface area contributed by atoms with Crippen LogP contribution in [0.3, 0.4) is 0 Å². The quantitative estimate of drug-likeness (QED) is 0.263. The first-order valence-electron chi connectivity index (χ1n) is 6.92. The highest BCUT2D eigenvalue weighted by Gasteiger charge is 2.24. The van der Waals surface area contributed by atoms with E-state index in [1.807, 2.05) is 6.07 Å². The Bertz CT molecular complexity index is 356. The molecule has 0 heterocycles. The summed E-state index contributed by atoms with van der Waals surface area (Å²) in [7, 11) is 13.3. The fourth-order valence-corrected chi connectivity index (χ4v) is 2.17. The molecule has 124 valence electrons. The Labute approximate surface area is 164 Å². The lowest BCUT2D eigenvalue weighted by molar-refractivity contribution is -0.895. The molecule has 1 aromatic carbocycles. The van der Waals surface area contributed by atoms with E-state index >= 15 is 0 Å². The van der Waals surface area contributed by atoms with Crippen molar-refractivity contribution in [2.24, 2.45) is 0 Å². The van der Waals surface area contributed by atoms with Gasteiger partial charge in [0.25, 0.3) is 0 Å². The van der Waals surface area contributed by atoms with Gasteiger partial charge in [-0.3, -0.25) is 0 Å². The van der Waals surface area contributed by atoms with Crippen LogP contribution >= 0.6 is 0 Å². The lowest BCUT2D eigenvalue weighted by Crippen LogP contribution is -3.00. The molecule has 0 radical (unpaired) electrons. The maximum Gasteiger partial charge on any atom is 0.155 e. The van der Waals surface area contributed by atoms with Gasteiger partial charge in [-0.15, -0.1) is 0 Å². The number of halogens is 2. The second-order valence-corrected chi connectivity index (χ2v) is 7.36. The van der Waals surface area contributed by atoms with Crippen molar-refractivity contribution >= 4 is 0 Å². The Morgan fingerprint density at radius 3 is 1.62 bits per heavy atom. The van der Waals surface area contributed by atoms with Crippen LogP contribution in [0.2, 0.25) is 0 Å². The summed E-state index contributed by atoms with van der Waals surface area (Å²) in [6.45, 7) is 2.76. The first kappa shape index (κ1) is 23.8. The SMILES string of the molecule is C[N+](C)(C)CC(C[N+](C)(C)C)OCc1ccccc1.[I-].[I-]. The van der Waals surface area contributed by atoms with Crippen molar-refractivity contribution in [3.63, 3.8) is 0 Å². The molecule has 1 rings (SSSR count). The molecule has 0 aromatic heterocycles. The van der Waals surface area contributed by atoms with E-state index in [0.29, 0.717) is 6.61 Å². The molecular formula is C16H30I2N2O. The Kier molecular flexibility index (Phi) is 11.7. The van der Waals surface area contributed by atoms with Crippen molar-refractivity contribution in [1.82, 2.24) is 0 Å². The highest BCUT2D eigenvalue weighted by Crippen LogP contribution is 2.09. The minimum atomic E-state index is 0. The molecule has 0 unspecified atom stereocenters. The summed E-state index contributed by atoms with van der Waals surface area (Å²) in [5.74, 6) is 0. The Morgan fingerprint density at radius 2 is 1.24 bits per heavy atom. The van der Waals surface area contributed by atoms with Crippen LogP contribution in [0.1, 0.15) is 5.56 Å². The highest BCUT2D eigenvalue weighted by atomic mass is 127. The smallest absolute Gasteiger partial charge is 0.155 e. The number of likely N-dealkylation sites (N-methyl/N-ethyl adjacent to an activating group) is 2. The van der Waals surface area contributed by atoms with E-state index in [-0.39, 0.29) is 54.1 Å². The fourth-order valence-electron chi connectivity index (χ4n) is 2.17. The first-order valence-corrected chi connectivity index (χ1v) is 6.92. The van der Waals surface area contributed by atoms with Gasteiger partial charge in [-0.05, 0) is 5.56 Å². The number of ether oxygens (including phenoxy) is 1. The van der Waals surface area contributed by atoms with Crippen LogP contribution in [0.25, 0.3) is 0 Å². The molecule has 0 saturated carbocycles. The van der Waals surface area contributed by atoms with E-state index < -0.39 is 0 Å². The van der Waals surface area contributed by atoms with Crippen molar-refractivity contribution in [1.29, 1.82) is 0 Å². The molecule has 0 amide bonds. The van der Waals surface area contributed by atoms with Crippen molar-refractivity contribution in [2.45, 2.75) is 12.7 Å². The van der Waals surface area contributed by atoms with Crippen molar-refractivity contribution in [3.05, 3.63) is 35.9 Å². The normalized spacial score (nSPS) is 11.8. The Hall–Kier alpha value is 0.560. The summed E-state index contributed by atoms with van der Waals surface area (Å²) in [5, 5.41) is 0. The molecule has 0 saturated heterocycles. The maximum atomic E-state index is 6.15. The first-order chi connectivity index (χ1) is 8.66. The van der Waals surface area contributed by atoms with Gasteiger partial charge in [0.05, 0.1) is 48.9 Å². The third-order valence-electron chi connectivity index (χ3n) is 2.83. The zero-order valence-electron chi connectivity index (χ0n) is 14.1. The Morgan fingerprint density at radius 1 is 0.810 bits per heavy atom. The molecule has 5 heteroatoms. The van der Waals surface area contributed by atoms with Gasteiger partial charge in [0.15, 0.2) is 6.10 Å². The van der Waals surface area contributed by atoms with E-state index in [0.717, 1.165) is 22.1 Å². The van der Waals surface area contributed by atoms with Crippen molar-refractivity contribution < 1.29 is 61.7 Å². The number of hydrogen-bond acceptors (Lipinski definition) is 1. The molecular weight excluding hydrogens is 490 g/mol. The van der Waals surface area contributed by atoms with Crippen LogP contribution in [0.15, 0.2) is 30.3 Å². The molecule has 0 N–H and O–H groups in total. The summed E-state index contributed by atoms with van der Waals surface area (Å²) in [5.41, 5.74) is 1.25. The molecule has 1 aromatic rings. The molecule has 0 aliphatic carbocycles. The largest absolute Gasteiger partial charge is 1.00 e. The van der Waals surface area contributed by atoms with Gasteiger partial charge in [0.1, 0.15) is 13.1 Å². The lowest BCUT2D eigenvalue weighted by Gasteiger charge is -2.33. The number of benzene rings is 1. The number of rotatable bonds is 7. The average molecular weight is 520 g/mol. The van der Waals surface area contributed by atoms with Gasteiger partial charge < -0.3 is 61.7 Å². The second-order valence-electron chi connectivity index (χ2n) is 7.36. The number of quaternary nitrogens is 2. The molecule has 0 bridgehead atoms. The zero-order chi connectivity index (χ0) is 14.5. The van der Waals surface area contributed by atoms with Crippen LogP contribution in [0, 0.1) is 0 Å². The van der Waals surface area contributed by atoms with E-state index in [9.17, 15) is 0 Å². The third-order valence-corrected chi connectivity index (χ3v) is 2.83. The molecule has 0 spiro atoms. The van der Waals surface area contributed by atoms with E-state index in [2.05, 4.69) is 66.6 Å². The average Bonchev–Trinajstić information content (AvgIpc) is 2.23. The third kappa shape index (κ3) is 12.8. The standard InChI is InChI=1S/C16H30N2O.2HI/c1-17(2,3)12-16(13-18(4,5)6)19-14-15-10-8-7-9-11-15;;/h7-11,16H,12-14H2,1-6H3;2*1H/q+2;;/p-2. The predicted octanol–water partition coefficient (Wildman–Crippen LogP) is -4.01. The van der Waals surface area contributed by atoms with Crippen LogP contribution < -0.4 is 48.0 Å². The van der Waals surface area contributed by atoms with Gasteiger partial charge in [0, 0.05) is 0 Å². The molecule has 0 fully saturated rings. The van der Waals surface area contributed by atoms with Crippen molar-refractivity contribution in [2.75, 3.05) is 55.4 Å². The maximum absolute atomic E-state index is 6.15. The van der Waals surface area contributed by atoms with Gasteiger partial charge in [-0.2, -0.15) is 0 Å². The van der Waals surface area contributed by atoms with Gasteiger partial charge >= 0.3 is 0 Å². The van der Waals surface area contributed by atoms with Gasteiger partial charge in [-0.25, -0.2) is 0 Å². The van der Waals surface area contributed by atoms with Crippen LogP contribution in [0.4, 0.5) is 0 Å². The minimum absolute atomic E-state index is 0. The molecule has 0 aliphatic rings. The Balaban J connectivity index is 0. The van der Waals surface area contributed by atoms with Crippen LogP contribution in [-0.4, -0.2) is 70.4 Å². The van der Waals surface area contributed by atoms with Crippen LogP contribution in [0.5, 0.6) is 0 Å². The van der Waals surface area contributed by atoms with Crippen molar-refractivity contribution in [3.8, 4) is 0 Å². The summed E-state index contributed by atoms with van der Waals surface area (Å²) < 4.78 is 8.01. The zero-order valence-corrected chi connectivity index (χ0v) is 18.5. The summed E-state index contributed by atoms with van der Waals surface area (Å²) in [6, 6.07) is 10.4. The summed E-state index contributed by atoms with van der Waals surface area (Å²) in [4.78, 5) is 0. The predicted molar refractivity (Wildman–Crippen MR) is 80.8 cm³/mol. The summed E-state index contributed by atoms with van der Waals surface area (Å²) >= 11 is 0. The second kappa shape index (κ2) is 10.4. The van der Waals surface area contributed by atoms with Gasteiger partial charge in [0.2, 0.25) is 0 Å². The molecule has 0 aliphatic heterocycles. The number of hydrogen-bond donors (Lipinski definition) is 0. The molecule has 21 heavy (non-hydrogen) atoms. The minimum Gasteiger partial charge on any atom is -1.00 e. The topological polar surface area (TPSA) is 9.23 Å². The molecule has 0 atom stereocenters. The van der Waals surface area contributed by atoms with Gasteiger partial charge in [-0.1, -0.05) is 30.3 Å². The van der Waals surface area contributed by atoms with E-state index in [1.165, 1.54) is 5.56 Å².